The van der Waals surface area contributed by atoms with Gasteiger partial charge in [-0.05, 0) is 48.1 Å². The quantitative estimate of drug-likeness (QED) is 0.782. The summed E-state index contributed by atoms with van der Waals surface area (Å²) in [5, 5.41) is 0. The van der Waals surface area contributed by atoms with Gasteiger partial charge in [-0.1, -0.05) is 49.2 Å². The molecule has 2 aromatic rings. The fourth-order valence-electron chi connectivity index (χ4n) is 4.33. The van der Waals surface area contributed by atoms with Gasteiger partial charge in [0.05, 0.1) is 13.2 Å². The highest BCUT2D eigenvalue weighted by atomic mass is 32.2. The van der Waals surface area contributed by atoms with Gasteiger partial charge in [-0.3, -0.25) is 0 Å². The van der Waals surface area contributed by atoms with Crippen LogP contribution in [0.2, 0.25) is 0 Å². The summed E-state index contributed by atoms with van der Waals surface area (Å²) in [4.78, 5) is 0. The average Bonchev–Trinajstić information content (AvgIpc) is 3.00. The monoisotopic (exact) mass is 400 g/mol. The zero-order chi connectivity index (χ0) is 19.6. The standard InChI is InChI=1S/C22H28N2O3S/c1-27-21-12-10-19(11-13-21)22-9-3-2-6-15-24(22)28(25,26)23-16-14-18-7-4-5-8-20(18)17-23/h4-5,7-8,10-13,22H,2-3,6,9,14-17H2,1H3/t22-/m0/s1. The molecule has 1 atom stereocenters. The third kappa shape index (κ3) is 3.81. The van der Waals surface area contributed by atoms with Crippen molar-refractivity contribution >= 4 is 10.2 Å². The fourth-order valence-corrected chi connectivity index (χ4v) is 6.16. The molecule has 1 fully saturated rings. The van der Waals surface area contributed by atoms with Crippen molar-refractivity contribution in [2.24, 2.45) is 0 Å². The summed E-state index contributed by atoms with van der Waals surface area (Å²) >= 11 is 0. The van der Waals surface area contributed by atoms with Gasteiger partial charge in [-0.15, -0.1) is 0 Å². The van der Waals surface area contributed by atoms with Gasteiger partial charge in [0.25, 0.3) is 10.2 Å². The van der Waals surface area contributed by atoms with Crippen LogP contribution in [0.4, 0.5) is 0 Å². The fraction of sp³-hybridized carbons (Fsp3) is 0.455. The summed E-state index contributed by atoms with van der Waals surface area (Å²) in [6.45, 7) is 1.59. The molecule has 2 aromatic carbocycles. The van der Waals surface area contributed by atoms with Crippen LogP contribution in [0, 0.1) is 0 Å². The second-order valence-corrected chi connectivity index (χ2v) is 9.49. The number of methoxy groups -OCH3 is 1. The van der Waals surface area contributed by atoms with Crippen LogP contribution < -0.4 is 4.74 Å². The van der Waals surface area contributed by atoms with Crippen molar-refractivity contribution in [3.05, 3.63) is 65.2 Å². The maximum absolute atomic E-state index is 13.6. The first-order valence-corrected chi connectivity index (χ1v) is 11.5. The van der Waals surface area contributed by atoms with Crippen LogP contribution in [0.5, 0.6) is 5.75 Å². The van der Waals surface area contributed by atoms with Crippen LogP contribution in [0.1, 0.15) is 48.4 Å². The molecule has 1 saturated heterocycles. The molecule has 2 aliphatic heterocycles. The first kappa shape index (κ1) is 19.4. The van der Waals surface area contributed by atoms with Crippen LogP contribution in [0.3, 0.4) is 0 Å². The lowest BCUT2D eigenvalue weighted by Crippen LogP contribution is -2.47. The number of ether oxygens (including phenoxy) is 1. The summed E-state index contributed by atoms with van der Waals surface area (Å²) in [6.07, 6.45) is 4.66. The molecule has 5 nitrogen and oxygen atoms in total. The third-order valence-corrected chi connectivity index (χ3v) is 7.92. The minimum atomic E-state index is -3.53. The largest absolute Gasteiger partial charge is 0.497 e. The lowest BCUT2D eigenvalue weighted by molar-refractivity contribution is 0.280. The second kappa shape index (κ2) is 8.23. The van der Waals surface area contributed by atoms with E-state index in [1.54, 1.807) is 15.7 Å². The first-order chi connectivity index (χ1) is 13.6. The van der Waals surface area contributed by atoms with E-state index in [1.807, 2.05) is 42.5 Å². The summed E-state index contributed by atoms with van der Waals surface area (Å²) in [7, 11) is -1.88. The van der Waals surface area contributed by atoms with E-state index < -0.39 is 10.2 Å². The van der Waals surface area contributed by atoms with Crippen LogP contribution >= 0.6 is 0 Å². The van der Waals surface area contributed by atoms with Gasteiger partial charge in [0, 0.05) is 19.6 Å². The van der Waals surface area contributed by atoms with Crippen molar-refractivity contribution in [2.45, 2.75) is 44.7 Å². The van der Waals surface area contributed by atoms with Crippen molar-refractivity contribution in [1.29, 1.82) is 0 Å². The molecule has 0 aliphatic carbocycles. The minimum Gasteiger partial charge on any atom is -0.497 e. The molecule has 0 unspecified atom stereocenters. The van der Waals surface area contributed by atoms with Gasteiger partial charge >= 0.3 is 0 Å². The molecular weight excluding hydrogens is 372 g/mol. The smallest absolute Gasteiger partial charge is 0.282 e. The summed E-state index contributed by atoms with van der Waals surface area (Å²) in [6, 6.07) is 15.9. The zero-order valence-electron chi connectivity index (χ0n) is 16.4. The Morgan fingerprint density at radius 2 is 1.68 bits per heavy atom. The highest BCUT2D eigenvalue weighted by Gasteiger charge is 2.37. The van der Waals surface area contributed by atoms with Gasteiger partial charge in [0.1, 0.15) is 5.75 Å². The van der Waals surface area contributed by atoms with Gasteiger partial charge in [0.15, 0.2) is 0 Å². The van der Waals surface area contributed by atoms with E-state index in [2.05, 4.69) is 6.07 Å². The Hall–Kier alpha value is -1.89. The summed E-state index contributed by atoms with van der Waals surface area (Å²) in [5.74, 6) is 0.791. The number of hydrogen-bond donors (Lipinski definition) is 0. The van der Waals surface area contributed by atoms with E-state index in [-0.39, 0.29) is 6.04 Å². The first-order valence-electron chi connectivity index (χ1n) is 10.1. The predicted molar refractivity (Wildman–Crippen MR) is 110 cm³/mol. The Labute approximate surface area is 168 Å². The van der Waals surface area contributed by atoms with Crippen molar-refractivity contribution < 1.29 is 13.2 Å². The molecule has 0 bridgehead atoms. The predicted octanol–water partition coefficient (Wildman–Crippen LogP) is 3.92. The molecule has 0 spiro atoms. The van der Waals surface area contributed by atoms with Gasteiger partial charge < -0.3 is 4.74 Å². The Balaban J connectivity index is 1.63. The van der Waals surface area contributed by atoms with Crippen molar-refractivity contribution in [2.75, 3.05) is 20.2 Å². The molecule has 4 rings (SSSR count). The van der Waals surface area contributed by atoms with Crippen LogP contribution in [0.25, 0.3) is 0 Å². The Bertz CT molecular complexity index is 912. The van der Waals surface area contributed by atoms with E-state index in [9.17, 15) is 8.42 Å². The second-order valence-electron chi connectivity index (χ2n) is 7.61. The summed E-state index contributed by atoms with van der Waals surface area (Å²) in [5.41, 5.74) is 3.42. The summed E-state index contributed by atoms with van der Waals surface area (Å²) < 4.78 is 35.9. The minimum absolute atomic E-state index is 0.115. The Morgan fingerprint density at radius 3 is 2.43 bits per heavy atom. The van der Waals surface area contributed by atoms with E-state index in [0.717, 1.165) is 49.0 Å². The molecule has 6 heteroatoms. The highest BCUT2D eigenvalue weighted by molar-refractivity contribution is 7.86. The average molecular weight is 401 g/mol. The molecule has 0 aromatic heterocycles. The van der Waals surface area contributed by atoms with Crippen molar-refractivity contribution in [3.8, 4) is 5.75 Å². The van der Waals surface area contributed by atoms with Gasteiger partial charge in [-0.25, -0.2) is 0 Å². The molecule has 2 heterocycles. The Morgan fingerprint density at radius 1 is 0.929 bits per heavy atom. The third-order valence-electron chi connectivity index (χ3n) is 5.92. The molecule has 0 N–H and O–H groups in total. The van der Waals surface area contributed by atoms with E-state index in [4.69, 9.17) is 4.74 Å². The van der Waals surface area contributed by atoms with Gasteiger partial charge in [0.2, 0.25) is 0 Å². The normalized spacial score (nSPS) is 21.7. The van der Waals surface area contributed by atoms with Crippen LogP contribution in [-0.4, -0.2) is 37.2 Å². The van der Waals surface area contributed by atoms with Crippen molar-refractivity contribution in [3.63, 3.8) is 0 Å². The SMILES string of the molecule is COc1ccc([C@@H]2CCCCCN2S(=O)(=O)N2CCc3ccccc3C2)cc1. The van der Waals surface area contributed by atoms with Gasteiger partial charge in [-0.2, -0.15) is 17.0 Å². The molecule has 0 radical (unpaired) electrons. The molecule has 2 aliphatic rings. The van der Waals surface area contributed by atoms with E-state index in [1.165, 1.54) is 5.56 Å². The Kier molecular flexibility index (Phi) is 5.71. The zero-order valence-corrected chi connectivity index (χ0v) is 17.2. The molecular formula is C22H28N2O3S. The molecule has 0 saturated carbocycles. The molecule has 150 valence electrons. The van der Waals surface area contributed by atoms with Crippen LogP contribution in [0.15, 0.2) is 48.5 Å². The maximum atomic E-state index is 13.6. The maximum Gasteiger partial charge on any atom is 0.282 e. The van der Waals surface area contributed by atoms with Crippen LogP contribution in [-0.2, 0) is 23.2 Å². The number of fused-ring (bicyclic) bond motifs is 1. The van der Waals surface area contributed by atoms with Crippen molar-refractivity contribution in [1.82, 2.24) is 8.61 Å². The topological polar surface area (TPSA) is 49.9 Å². The van der Waals surface area contributed by atoms with E-state index in [0.29, 0.717) is 19.6 Å². The molecule has 0 amide bonds. The highest BCUT2D eigenvalue weighted by Crippen LogP contribution is 2.35. The number of nitrogens with zero attached hydrogens (tertiary/aromatic N) is 2. The number of rotatable bonds is 4. The lowest BCUT2D eigenvalue weighted by atomic mass is 10.0. The van der Waals surface area contributed by atoms with E-state index >= 15 is 0 Å². The number of hydrogen-bond acceptors (Lipinski definition) is 3. The number of benzene rings is 2. The lowest BCUT2D eigenvalue weighted by Gasteiger charge is -2.36. The molecule has 28 heavy (non-hydrogen) atoms.